The Morgan fingerprint density at radius 1 is 1.17 bits per heavy atom. The van der Waals surface area contributed by atoms with Crippen molar-refractivity contribution in [2.45, 2.75) is 100.0 Å². The van der Waals surface area contributed by atoms with E-state index < -0.39 is 11.6 Å². The van der Waals surface area contributed by atoms with Crippen LogP contribution < -0.4 is 10.6 Å². The maximum Gasteiger partial charge on any atom is 0.321 e. The fourth-order valence-corrected chi connectivity index (χ4v) is 5.89. The van der Waals surface area contributed by atoms with E-state index in [2.05, 4.69) is 92.2 Å². The molecule has 0 radical (unpaired) electrons. The van der Waals surface area contributed by atoms with Crippen LogP contribution in [0.15, 0.2) is 88.8 Å². The number of carbonyl (C=O) groups excluding carboxylic acids is 2. The highest BCUT2D eigenvalue weighted by Gasteiger charge is 2.27. The Balaban J connectivity index is 0.00000105. The molecule has 9 nitrogen and oxygen atoms in total. The third kappa shape index (κ3) is 18.2. The summed E-state index contributed by atoms with van der Waals surface area (Å²) in [7, 11) is 1.73. The van der Waals surface area contributed by atoms with Crippen molar-refractivity contribution in [3.8, 4) is 12.3 Å². The number of hydrogen-bond acceptors (Lipinski definition) is 7. The second-order valence-corrected chi connectivity index (χ2v) is 13.4. The van der Waals surface area contributed by atoms with Gasteiger partial charge in [0.15, 0.2) is 0 Å². The Kier molecular flexibility index (Phi) is 26.9. The van der Waals surface area contributed by atoms with Crippen molar-refractivity contribution in [3.05, 3.63) is 94.9 Å². The maximum absolute atomic E-state index is 11.8. The van der Waals surface area contributed by atoms with Gasteiger partial charge in [-0.15, -0.1) is 18.9 Å². The number of aliphatic hydroxyl groups excluding tert-OH is 1. The summed E-state index contributed by atoms with van der Waals surface area (Å²) in [5.41, 5.74) is 5.94. The van der Waals surface area contributed by atoms with Gasteiger partial charge >= 0.3 is 6.03 Å². The van der Waals surface area contributed by atoms with E-state index in [1.165, 1.54) is 23.1 Å². The number of terminal acetylenes is 1. The summed E-state index contributed by atoms with van der Waals surface area (Å²) in [5, 5.41) is 14.9. The second kappa shape index (κ2) is 29.2. The molecule has 1 unspecified atom stereocenters. The average molecular weight is 746 g/mol. The van der Waals surface area contributed by atoms with Gasteiger partial charge in [0.05, 0.1) is 24.5 Å². The first-order valence-electron chi connectivity index (χ1n) is 19.4. The van der Waals surface area contributed by atoms with Gasteiger partial charge in [-0.25, -0.2) is 9.79 Å². The van der Waals surface area contributed by atoms with Crippen LogP contribution >= 0.6 is 0 Å². The number of ether oxygens (including phenoxy) is 1. The summed E-state index contributed by atoms with van der Waals surface area (Å²) in [6.07, 6.45) is 20.6. The molecule has 2 atom stereocenters. The number of amides is 3. The van der Waals surface area contributed by atoms with E-state index in [9.17, 15) is 14.7 Å². The summed E-state index contributed by atoms with van der Waals surface area (Å²) in [6.45, 7) is 27.9. The lowest BCUT2D eigenvalue weighted by atomic mass is 9.88. The van der Waals surface area contributed by atoms with E-state index in [0.717, 1.165) is 68.9 Å². The number of aliphatic imine (C=N–C) groups is 1. The molecule has 3 N–H and O–H groups in total. The van der Waals surface area contributed by atoms with Gasteiger partial charge in [-0.1, -0.05) is 95.2 Å². The van der Waals surface area contributed by atoms with Crippen LogP contribution in [0, 0.1) is 18.3 Å². The number of carbonyl (C=O) groups is 2. The van der Waals surface area contributed by atoms with Crippen LogP contribution in [0.2, 0.25) is 0 Å². The molecule has 2 rings (SSSR count). The van der Waals surface area contributed by atoms with Gasteiger partial charge in [0.2, 0.25) is 6.41 Å². The SMILES string of the molecule is C#CC.C/C=C(\N=C(/CO)c1ccc([C@](C)(CC)NC(=O)NC=O)cc1)N1CCN(CC)CC1.C=CC/C(C(C)=CCC)=C(\C=C/COC)CC(C)CC. The molecule has 1 aromatic carbocycles. The third-order valence-electron chi connectivity index (χ3n) is 9.51. The van der Waals surface area contributed by atoms with Gasteiger partial charge in [-0.3, -0.25) is 10.1 Å². The fourth-order valence-electron chi connectivity index (χ4n) is 5.89. The minimum atomic E-state index is -0.629. The fraction of sp³-hybridized carbons (Fsp3) is 0.533. The van der Waals surface area contributed by atoms with Crippen LogP contribution in [-0.2, 0) is 15.1 Å². The smallest absolute Gasteiger partial charge is 0.321 e. The molecule has 0 aromatic heterocycles. The molecule has 1 saturated heterocycles. The molecule has 0 aliphatic carbocycles. The minimum Gasteiger partial charge on any atom is -0.390 e. The van der Waals surface area contributed by atoms with Crippen molar-refractivity contribution < 1.29 is 19.4 Å². The van der Waals surface area contributed by atoms with Crippen LogP contribution in [0.4, 0.5) is 4.79 Å². The normalized spacial score (nSPS) is 16.0. The first kappa shape index (κ1) is 49.8. The number of methoxy groups -OCH3 is 1. The number of imide groups is 1. The van der Waals surface area contributed by atoms with E-state index in [1.54, 1.807) is 14.0 Å². The Morgan fingerprint density at radius 2 is 1.80 bits per heavy atom. The predicted molar refractivity (Wildman–Crippen MR) is 228 cm³/mol. The molecule has 300 valence electrons. The molecule has 1 heterocycles. The zero-order valence-electron chi connectivity index (χ0n) is 35.1. The third-order valence-corrected chi connectivity index (χ3v) is 9.51. The number of piperazine rings is 1. The monoisotopic (exact) mass is 746 g/mol. The summed E-state index contributed by atoms with van der Waals surface area (Å²) >= 11 is 0. The summed E-state index contributed by atoms with van der Waals surface area (Å²) in [4.78, 5) is 31.8. The molecule has 9 heteroatoms. The highest BCUT2D eigenvalue weighted by Crippen LogP contribution is 2.27. The number of benzene rings is 1. The number of urea groups is 1. The number of rotatable bonds is 19. The molecular formula is C45H71N5O4. The number of hydrogen-bond donors (Lipinski definition) is 3. The number of nitrogens with one attached hydrogen (secondary N) is 2. The molecular weight excluding hydrogens is 675 g/mol. The number of nitrogens with zero attached hydrogens (tertiary/aromatic N) is 3. The van der Waals surface area contributed by atoms with Crippen LogP contribution in [0.25, 0.3) is 0 Å². The first-order chi connectivity index (χ1) is 25.9. The van der Waals surface area contributed by atoms with Crippen molar-refractivity contribution in [1.29, 1.82) is 0 Å². The zero-order chi connectivity index (χ0) is 40.9. The standard InChI is InChI=1S/C23H35N5O3.C19H32O.C3H4/c1-5-21(28-14-12-27(7-3)13-15-28)25-20(16-29)18-8-10-19(11-9-18)23(4,6-2)26-22(31)24-17-30;1-7-11-17(5)19(12-8-2)18(13-10-14-20-6)15-16(4)9-3;1-3-2/h5,8-11,17,29H,6-7,12-16H2,1-4H3,(H2,24,26,30,31);8,10-11,13,16H,2,7,9,12,14-15H2,1,3-6H3;1H,2H3/b21-5+,25-20+;13-10-,17-11?,19-18-;/t23-;;/m0../s1. The number of aliphatic hydroxyl groups is 1. The summed E-state index contributed by atoms with van der Waals surface area (Å²) in [5.74, 6) is 3.82. The van der Waals surface area contributed by atoms with E-state index in [4.69, 9.17) is 9.73 Å². The van der Waals surface area contributed by atoms with Crippen molar-refractivity contribution in [1.82, 2.24) is 20.4 Å². The highest BCUT2D eigenvalue weighted by molar-refractivity contribution is 6.02. The molecule has 1 aliphatic rings. The molecule has 1 aromatic rings. The topological polar surface area (TPSA) is 106 Å². The van der Waals surface area contributed by atoms with Crippen molar-refractivity contribution >= 4 is 18.2 Å². The van der Waals surface area contributed by atoms with E-state index >= 15 is 0 Å². The number of likely N-dealkylation sites (N-methyl/N-ethyl adjacent to an activating group) is 1. The van der Waals surface area contributed by atoms with Crippen molar-refractivity contribution in [2.24, 2.45) is 10.9 Å². The van der Waals surface area contributed by atoms with E-state index in [0.29, 0.717) is 31.1 Å². The lowest BCUT2D eigenvalue weighted by Gasteiger charge is -2.35. The van der Waals surface area contributed by atoms with E-state index in [1.807, 2.05) is 57.2 Å². The average Bonchev–Trinajstić information content (AvgIpc) is 3.18. The lowest BCUT2D eigenvalue weighted by molar-refractivity contribution is -0.108. The Labute approximate surface area is 328 Å². The molecule has 3 amide bonds. The quantitative estimate of drug-likeness (QED) is 0.0431. The van der Waals surface area contributed by atoms with Gasteiger partial charge in [-0.05, 0) is 94.2 Å². The Bertz CT molecular complexity index is 1440. The van der Waals surface area contributed by atoms with Crippen molar-refractivity contribution in [3.63, 3.8) is 0 Å². The zero-order valence-corrected chi connectivity index (χ0v) is 35.1. The van der Waals surface area contributed by atoms with Crippen LogP contribution in [0.1, 0.15) is 106 Å². The Hall–Kier alpha value is -4.23. The van der Waals surface area contributed by atoms with Gasteiger partial charge in [0.25, 0.3) is 0 Å². The molecule has 1 fully saturated rings. The number of allylic oxidation sites excluding steroid dienone is 7. The first-order valence-corrected chi connectivity index (χ1v) is 19.4. The minimum absolute atomic E-state index is 0.170. The molecule has 54 heavy (non-hydrogen) atoms. The molecule has 0 saturated carbocycles. The van der Waals surface area contributed by atoms with Gasteiger partial charge < -0.3 is 25.0 Å². The maximum atomic E-state index is 11.8. The second-order valence-electron chi connectivity index (χ2n) is 13.4. The molecule has 0 spiro atoms. The molecule has 1 aliphatic heterocycles. The predicted octanol–water partition coefficient (Wildman–Crippen LogP) is 8.54. The highest BCUT2D eigenvalue weighted by atomic mass is 16.5. The van der Waals surface area contributed by atoms with Gasteiger partial charge in [0.1, 0.15) is 5.82 Å². The van der Waals surface area contributed by atoms with Crippen LogP contribution in [0.3, 0.4) is 0 Å². The van der Waals surface area contributed by atoms with E-state index in [-0.39, 0.29) is 6.61 Å². The Morgan fingerprint density at radius 3 is 2.26 bits per heavy atom. The van der Waals surface area contributed by atoms with Gasteiger partial charge in [0, 0.05) is 33.3 Å². The van der Waals surface area contributed by atoms with Gasteiger partial charge in [-0.2, -0.15) is 0 Å². The largest absolute Gasteiger partial charge is 0.390 e. The van der Waals surface area contributed by atoms with Crippen molar-refractivity contribution in [2.75, 3.05) is 53.0 Å². The van der Waals surface area contributed by atoms with Crippen LogP contribution in [0.5, 0.6) is 0 Å². The van der Waals surface area contributed by atoms with Crippen LogP contribution in [-0.4, -0.2) is 86.1 Å². The summed E-state index contributed by atoms with van der Waals surface area (Å²) in [6, 6.07) is 7.10. The summed E-state index contributed by atoms with van der Waals surface area (Å²) < 4.78 is 5.13. The lowest BCUT2D eigenvalue weighted by Crippen LogP contribution is -2.47. The molecule has 0 bridgehead atoms.